The van der Waals surface area contributed by atoms with Gasteiger partial charge in [0.2, 0.25) is 5.91 Å². The van der Waals surface area contributed by atoms with Gasteiger partial charge in [0.1, 0.15) is 6.04 Å². The predicted molar refractivity (Wildman–Crippen MR) is 94.3 cm³/mol. The maximum atomic E-state index is 12.7. The van der Waals surface area contributed by atoms with E-state index in [2.05, 4.69) is 5.32 Å². The molecule has 0 unspecified atom stereocenters. The van der Waals surface area contributed by atoms with Crippen molar-refractivity contribution in [2.75, 3.05) is 31.1 Å². The van der Waals surface area contributed by atoms with Gasteiger partial charge in [-0.1, -0.05) is 21.6 Å². The second-order valence-corrected chi connectivity index (χ2v) is 8.74. The monoisotopic (exact) mass is 362 g/mol. The van der Waals surface area contributed by atoms with Crippen molar-refractivity contribution in [2.45, 2.75) is 43.3 Å². The zero-order valence-electron chi connectivity index (χ0n) is 13.2. The van der Waals surface area contributed by atoms with Crippen molar-refractivity contribution in [2.24, 2.45) is 11.5 Å². The van der Waals surface area contributed by atoms with E-state index in [1.54, 1.807) is 0 Å². The lowest BCUT2D eigenvalue weighted by atomic mass is 9.85. The first kappa shape index (κ1) is 18.9. The molecule has 0 aromatic carbocycles. The average molecular weight is 363 g/mol. The third kappa shape index (κ3) is 4.76. The van der Waals surface area contributed by atoms with Crippen molar-refractivity contribution in [1.82, 2.24) is 10.2 Å². The lowest BCUT2D eigenvalue weighted by molar-refractivity contribution is -0.138. The van der Waals surface area contributed by atoms with Crippen LogP contribution < -0.4 is 16.8 Å². The molecule has 0 bridgehead atoms. The Balaban J connectivity index is 1.79. The molecule has 0 aromatic rings. The molecule has 0 radical (unpaired) electrons. The van der Waals surface area contributed by atoms with Crippen molar-refractivity contribution in [3.05, 3.63) is 0 Å². The van der Waals surface area contributed by atoms with Gasteiger partial charge in [-0.2, -0.15) is 0 Å². The van der Waals surface area contributed by atoms with E-state index in [9.17, 15) is 9.59 Å². The molecule has 0 saturated carbocycles. The quantitative estimate of drug-likeness (QED) is 0.364. The Kier molecular flexibility index (Phi) is 7.02. The third-order valence-corrected chi connectivity index (χ3v) is 7.08. The van der Waals surface area contributed by atoms with E-state index in [0.717, 1.165) is 45.3 Å². The van der Waals surface area contributed by atoms with E-state index in [1.807, 2.05) is 4.90 Å². The number of nitrogens with zero attached hydrogens (tertiary/aromatic N) is 1. The highest BCUT2D eigenvalue weighted by atomic mass is 33.1. The summed E-state index contributed by atoms with van der Waals surface area (Å²) in [4.78, 5) is 25.3. The van der Waals surface area contributed by atoms with Crippen molar-refractivity contribution < 1.29 is 14.7 Å². The number of nitrogens with one attached hydrogen (secondary N) is 1. The van der Waals surface area contributed by atoms with Gasteiger partial charge in [0.15, 0.2) is 0 Å². The highest BCUT2D eigenvalue weighted by Gasteiger charge is 2.44. The second-order valence-electron chi connectivity index (χ2n) is 6.19. The summed E-state index contributed by atoms with van der Waals surface area (Å²) in [6.45, 7) is 2.71. The minimum atomic E-state index is -1.01. The zero-order valence-corrected chi connectivity index (χ0v) is 14.8. The molecular formula is C14H26N4O3S2. The summed E-state index contributed by atoms with van der Waals surface area (Å²) in [5.41, 5.74) is 11.5. The van der Waals surface area contributed by atoms with Crippen LogP contribution in [0.2, 0.25) is 0 Å². The maximum Gasteiger partial charge on any atom is 0.321 e. The highest BCUT2D eigenvalue weighted by Crippen LogP contribution is 2.37. The molecule has 9 heteroatoms. The normalized spacial score (nSPS) is 23.0. The Labute approximate surface area is 144 Å². The Morgan fingerprint density at radius 1 is 1.13 bits per heavy atom. The number of nitrogens with two attached hydrogens (primary N) is 2. The largest absolute Gasteiger partial charge is 0.480 e. The Morgan fingerprint density at radius 3 is 2.35 bits per heavy atom. The number of piperidine rings is 1. The van der Waals surface area contributed by atoms with Gasteiger partial charge < -0.3 is 26.8 Å². The SMILES string of the molecule is N[C@@H](CSSC[C@H](N)C(=O)N1CCCC12CCNCC2)C(=O)O. The smallest absolute Gasteiger partial charge is 0.321 e. The first-order valence-electron chi connectivity index (χ1n) is 7.97. The number of hydrogen-bond donors (Lipinski definition) is 4. The van der Waals surface area contributed by atoms with Gasteiger partial charge >= 0.3 is 5.97 Å². The lowest BCUT2D eigenvalue weighted by Gasteiger charge is -2.42. The second kappa shape index (κ2) is 8.57. The maximum absolute atomic E-state index is 12.7. The molecule has 2 atom stereocenters. The highest BCUT2D eigenvalue weighted by molar-refractivity contribution is 8.76. The first-order chi connectivity index (χ1) is 11.0. The van der Waals surface area contributed by atoms with Crippen LogP contribution in [0.15, 0.2) is 0 Å². The number of carbonyl (C=O) groups excluding carboxylic acids is 1. The molecule has 0 aliphatic carbocycles. The van der Waals surface area contributed by atoms with Crippen molar-refractivity contribution >= 4 is 33.5 Å². The standard InChI is InChI=1S/C14H26N4O3S2/c15-10(8-22-23-9-11(16)13(20)21)12(19)18-7-1-2-14(18)3-5-17-6-4-14/h10-11,17H,1-9,15-16H2,(H,20,21)/t10-,11-/m0/s1. The Bertz CT molecular complexity index is 432. The summed E-state index contributed by atoms with van der Waals surface area (Å²) >= 11 is 0. The molecule has 132 valence electrons. The van der Waals surface area contributed by atoms with E-state index in [-0.39, 0.29) is 11.4 Å². The van der Waals surface area contributed by atoms with E-state index < -0.39 is 18.1 Å². The summed E-state index contributed by atoms with van der Waals surface area (Å²) in [6.07, 6.45) is 4.12. The van der Waals surface area contributed by atoms with Crippen LogP contribution in [0.25, 0.3) is 0 Å². The molecule has 2 aliphatic heterocycles. The number of carboxylic acid groups (broad SMARTS) is 1. The molecular weight excluding hydrogens is 336 g/mol. The van der Waals surface area contributed by atoms with Gasteiger partial charge in [0.05, 0.1) is 6.04 Å². The van der Waals surface area contributed by atoms with Gasteiger partial charge in [-0.15, -0.1) is 0 Å². The van der Waals surface area contributed by atoms with Crippen LogP contribution in [0.5, 0.6) is 0 Å². The van der Waals surface area contributed by atoms with E-state index in [4.69, 9.17) is 16.6 Å². The molecule has 2 heterocycles. The van der Waals surface area contributed by atoms with Crippen molar-refractivity contribution in [1.29, 1.82) is 0 Å². The molecule has 2 rings (SSSR count). The molecule has 23 heavy (non-hydrogen) atoms. The fraction of sp³-hybridized carbons (Fsp3) is 0.857. The van der Waals surface area contributed by atoms with Crippen molar-refractivity contribution in [3.63, 3.8) is 0 Å². The lowest BCUT2D eigenvalue weighted by Crippen LogP contribution is -2.57. The molecule has 1 amide bonds. The predicted octanol–water partition coefficient (Wildman–Crippen LogP) is -0.148. The van der Waals surface area contributed by atoms with Crippen LogP contribution in [0.4, 0.5) is 0 Å². The van der Waals surface area contributed by atoms with Gasteiger partial charge in [-0.25, -0.2) is 0 Å². The molecule has 6 N–H and O–H groups in total. The minimum Gasteiger partial charge on any atom is -0.480 e. The number of rotatable bonds is 7. The molecule has 1 spiro atoms. The number of amides is 1. The van der Waals surface area contributed by atoms with Gasteiger partial charge in [-0.05, 0) is 38.8 Å². The van der Waals surface area contributed by atoms with Crippen LogP contribution >= 0.6 is 21.6 Å². The van der Waals surface area contributed by atoms with Gasteiger partial charge in [0, 0.05) is 23.6 Å². The van der Waals surface area contributed by atoms with E-state index >= 15 is 0 Å². The minimum absolute atomic E-state index is 0.00340. The molecule has 0 aromatic heterocycles. The number of aliphatic carboxylic acids is 1. The van der Waals surface area contributed by atoms with E-state index in [1.165, 1.54) is 21.6 Å². The van der Waals surface area contributed by atoms with E-state index in [0.29, 0.717) is 11.5 Å². The zero-order chi connectivity index (χ0) is 16.9. The van der Waals surface area contributed by atoms with Crippen LogP contribution in [-0.4, -0.2) is 70.6 Å². The number of carbonyl (C=O) groups is 2. The number of likely N-dealkylation sites (tertiary alicyclic amines) is 1. The number of carboxylic acids is 1. The van der Waals surface area contributed by atoms with Gasteiger partial charge in [0.25, 0.3) is 0 Å². The summed E-state index contributed by atoms with van der Waals surface area (Å²) in [5, 5.41) is 12.1. The first-order valence-corrected chi connectivity index (χ1v) is 10.5. The topological polar surface area (TPSA) is 122 Å². The molecule has 2 aliphatic rings. The molecule has 2 saturated heterocycles. The number of hydrogen-bond acceptors (Lipinski definition) is 7. The summed E-state index contributed by atoms with van der Waals surface area (Å²) in [5.74, 6) is -0.204. The average Bonchev–Trinajstić information content (AvgIpc) is 2.93. The Morgan fingerprint density at radius 2 is 1.74 bits per heavy atom. The van der Waals surface area contributed by atoms with Crippen molar-refractivity contribution in [3.8, 4) is 0 Å². The molecule has 2 fully saturated rings. The fourth-order valence-corrected chi connectivity index (χ4v) is 5.51. The Hall–Kier alpha value is -0.480. The summed E-state index contributed by atoms with van der Waals surface area (Å²) in [7, 11) is 2.77. The van der Waals surface area contributed by atoms with Crippen LogP contribution in [0.3, 0.4) is 0 Å². The fourth-order valence-electron chi connectivity index (χ4n) is 3.28. The van der Waals surface area contributed by atoms with Crippen LogP contribution in [0, 0.1) is 0 Å². The summed E-state index contributed by atoms with van der Waals surface area (Å²) < 4.78 is 0. The molecule has 7 nitrogen and oxygen atoms in total. The summed E-state index contributed by atoms with van der Waals surface area (Å²) in [6, 6.07) is -1.42. The van der Waals surface area contributed by atoms with Crippen LogP contribution in [0.1, 0.15) is 25.7 Å². The van der Waals surface area contributed by atoms with Crippen LogP contribution in [-0.2, 0) is 9.59 Å². The third-order valence-electron chi connectivity index (χ3n) is 4.61. The van der Waals surface area contributed by atoms with Gasteiger partial charge in [-0.3, -0.25) is 9.59 Å².